The number of rotatable bonds is 9. The van der Waals surface area contributed by atoms with E-state index in [-0.39, 0.29) is 11.8 Å². The highest BCUT2D eigenvalue weighted by Crippen LogP contribution is 2.30. The van der Waals surface area contributed by atoms with Gasteiger partial charge in [0.15, 0.2) is 5.13 Å². The smallest absolute Gasteiger partial charge is 0.260 e. The van der Waals surface area contributed by atoms with E-state index in [2.05, 4.69) is 22.4 Å². The average Bonchev–Trinajstić information content (AvgIpc) is 3.58. The summed E-state index contributed by atoms with van der Waals surface area (Å²) in [7, 11) is 0. The molecule has 180 valence electrons. The molecule has 0 saturated carbocycles. The number of carbonyl (C=O) groups excluding carboxylic acids is 2. The average molecular weight is 496 g/mol. The van der Waals surface area contributed by atoms with E-state index < -0.39 is 0 Å². The molecule has 1 N–H and O–H groups in total. The Labute approximate surface area is 213 Å². The second-order valence-corrected chi connectivity index (χ2v) is 9.35. The predicted molar refractivity (Wildman–Crippen MR) is 143 cm³/mol. The van der Waals surface area contributed by atoms with Gasteiger partial charge in [-0.05, 0) is 42.3 Å². The molecule has 2 amide bonds. The lowest BCUT2D eigenvalue weighted by Gasteiger charge is -2.20. The summed E-state index contributed by atoms with van der Waals surface area (Å²) in [6.45, 7) is 1.03. The molecule has 0 radical (unpaired) electrons. The van der Waals surface area contributed by atoms with Gasteiger partial charge in [-0.25, -0.2) is 9.97 Å². The van der Waals surface area contributed by atoms with Gasteiger partial charge in [0.25, 0.3) is 5.91 Å². The van der Waals surface area contributed by atoms with Gasteiger partial charge in [0.05, 0.1) is 16.5 Å². The summed E-state index contributed by atoms with van der Waals surface area (Å²) in [6.07, 6.45) is 6.19. The third-order valence-electron chi connectivity index (χ3n) is 5.78. The van der Waals surface area contributed by atoms with E-state index in [1.165, 1.54) is 11.3 Å². The maximum absolute atomic E-state index is 13.7. The lowest BCUT2D eigenvalue weighted by molar-refractivity contribution is -0.116. The Kier molecular flexibility index (Phi) is 7.14. The third kappa shape index (κ3) is 5.67. The Morgan fingerprint density at radius 3 is 2.61 bits per heavy atom. The van der Waals surface area contributed by atoms with Crippen LogP contribution in [0.1, 0.15) is 22.3 Å². The number of imidazole rings is 1. The molecule has 0 spiro atoms. The summed E-state index contributed by atoms with van der Waals surface area (Å²) in [5.74, 6) is -0.278. The van der Waals surface area contributed by atoms with Crippen molar-refractivity contribution >= 4 is 44.2 Å². The van der Waals surface area contributed by atoms with Crippen LogP contribution >= 0.6 is 11.3 Å². The van der Waals surface area contributed by atoms with Gasteiger partial charge in [-0.15, -0.1) is 0 Å². The van der Waals surface area contributed by atoms with E-state index in [0.29, 0.717) is 42.3 Å². The highest BCUT2D eigenvalue weighted by atomic mass is 32.1. The summed E-state index contributed by atoms with van der Waals surface area (Å²) >= 11 is 1.50. The van der Waals surface area contributed by atoms with Crippen LogP contribution in [0.2, 0.25) is 0 Å². The zero-order chi connectivity index (χ0) is 24.7. The molecule has 0 atom stereocenters. The number of aryl methyl sites for hydroxylation is 1. The van der Waals surface area contributed by atoms with E-state index >= 15 is 0 Å². The number of benzene rings is 3. The number of aromatic nitrogens is 3. The molecule has 0 bridgehead atoms. The largest absolute Gasteiger partial charge is 0.337 e. The van der Waals surface area contributed by atoms with Crippen LogP contribution in [-0.2, 0) is 17.8 Å². The molecule has 36 heavy (non-hydrogen) atoms. The molecule has 5 aromatic rings. The van der Waals surface area contributed by atoms with Crippen molar-refractivity contribution in [3.63, 3.8) is 0 Å². The van der Waals surface area contributed by atoms with Crippen LogP contribution in [0.5, 0.6) is 0 Å². The normalized spacial score (nSPS) is 10.9. The van der Waals surface area contributed by atoms with E-state index in [1.807, 2.05) is 53.2 Å². The molecule has 0 unspecified atom stereocenters. The summed E-state index contributed by atoms with van der Waals surface area (Å²) in [6, 6.07) is 25.0. The number of fused-ring (bicyclic) bond motifs is 1. The number of para-hydroxylation sites is 1. The van der Waals surface area contributed by atoms with Crippen molar-refractivity contribution in [2.75, 3.05) is 16.8 Å². The van der Waals surface area contributed by atoms with Crippen molar-refractivity contribution in [2.24, 2.45) is 0 Å². The summed E-state index contributed by atoms with van der Waals surface area (Å²) in [4.78, 5) is 36.6. The van der Waals surface area contributed by atoms with Crippen LogP contribution in [0.4, 0.5) is 10.8 Å². The first-order chi connectivity index (χ1) is 17.7. The fourth-order valence-corrected chi connectivity index (χ4v) is 4.89. The molecule has 0 fully saturated rings. The maximum atomic E-state index is 13.7. The minimum Gasteiger partial charge on any atom is -0.337 e. The fourth-order valence-electron chi connectivity index (χ4n) is 3.90. The van der Waals surface area contributed by atoms with Crippen molar-refractivity contribution in [1.82, 2.24) is 14.5 Å². The molecule has 3 aromatic carbocycles. The van der Waals surface area contributed by atoms with Gasteiger partial charge < -0.3 is 9.88 Å². The highest BCUT2D eigenvalue weighted by molar-refractivity contribution is 7.22. The minimum absolute atomic E-state index is 0.125. The van der Waals surface area contributed by atoms with Gasteiger partial charge in [-0.2, -0.15) is 0 Å². The summed E-state index contributed by atoms with van der Waals surface area (Å²) < 4.78 is 2.88. The van der Waals surface area contributed by atoms with Crippen molar-refractivity contribution in [3.8, 4) is 0 Å². The van der Waals surface area contributed by atoms with Crippen molar-refractivity contribution in [1.29, 1.82) is 0 Å². The monoisotopic (exact) mass is 495 g/mol. The molecule has 2 aromatic heterocycles. The molecule has 0 aliphatic carbocycles. The zero-order valence-corrected chi connectivity index (χ0v) is 20.4. The van der Waals surface area contributed by atoms with E-state index in [4.69, 9.17) is 4.98 Å². The Hall–Kier alpha value is -4.30. The Morgan fingerprint density at radius 1 is 0.972 bits per heavy atom. The van der Waals surface area contributed by atoms with E-state index in [9.17, 15) is 9.59 Å². The van der Waals surface area contributed by atoms with E-state index in [0.717, 1.165) is 15.8 Å². The second-order valence-electron chi connectivity index (χ2n) is 8.34. The second kappa shape index (κ2) is 11.0. The van der Waals surface area contributed by atoms with Crippen LogP contribution in [0.25, 0.3) is 10.2 Å². The molecule has 0 saturated heterocycles. The predicted octanol–water partition coefficient (Wildman–Crippen LogP) is 5.41. The van der Waals surface area contributed by atoms with Gasteiger partial charge >= 0.3 is 0 Å². The Morgan fingerprint density at radius 2 is 1.81 bits per heavy atom. The van der Waals surface area contributed by atoms with Crippen LogP contribution in [0.3, 0.4) is 0 Å². The number of nitrogens with one attached hydrogen (secondary N) is 1. The number of hydrogen-bond acceptors (Lipinski definition) is 5. The maximum Gasteiger partial charge on any atom is 0.260 e. The first-order valence-corrected chi connectivity index (χ1v) is 12.5. The number of nitrogens with zero attached hydrogens (tertiary/aromatic N) is 4. The minimum atomic E-state index is -0.153. The molecular weight excluding hydrogens is 470 g/mol. The zero-order valence-electron chi connectivity index (χ0n) is 19.6. The summed E-state index contributed by atoms with van der Waals surface area (Å²) in [5, 5.41) is 3.56. The van der Waals surface area contributed by atoms with Gasteiger partial charge in [-0.3, -0.25) is 14.5 Å². The fraction of sp³-hybridized carbons (Fsp3) is 0.143. The standard InChI is InChI=1S/C28H25N5O2S/c34-26(14-16-32-18-15-29-20-32)30-23-10-6-9-22(19-23)27(35)33(17-13-21-7-2-1-3-8-21)28-31-24-11-4-5-12-25(24)36-28/h1-12,15,18-20H,13-14,16-17H2,(H,30,34). The first kappa shape index (κ1) is 23.4. The molecular formula is C28H25N5O2S. The van der Waals surface area contributed by atoms with Crippen molar-refractivity contribution in [3.05, 3.63) is 109 Å². The van der Waals surface area contributed by atoms with Gasteiger partial charge in [0.1, 0.15) is 0 Å². The summed E-state index contributed by atoms with van der Waals surface area (Å²) in [5.41, 5.74) is 3.10. The molecule has 2 heterocycles. The highest BCUT2D eigenvalue weighted by Gasteiger charge is 2.22. The number of hydrogen-bond donors (Lipinski definition) is 1. The number of amides is 2. The topological polar surface area (TPSA) is 80.1 Å². The van der Waals surface area contributed by atoms with Crippen LogP contribution in [0, 0.1) is 0 Å². The van der Waals surface area contributed by atoms with Crippen molar-refractivity contribution in [2.45, 2.75) is 19.4 Å². The molecule has 5 rings (SSSR count). The Bertz CT molecular complexity index is 1430. The van der Waals surface area contributed by atoms with Gasteiger partial charge in [-0.1, -0.05) is 59.9 Å². The first-order valence-electron chi connectivity index (χ1n) is 11.7. The van der Waals surface area contributed by atoms with Gasteiger partial charge in [0, 0.05) is 43.2 Å². The van der Waals surface area contributed by atoms with Crippen LogP contribution < -0.4 is 10.2 Å². The number of anilines is 2. The van der Waals surface area contributed by atoms with E-state index in [1.54, 1.807) is 41.7 Å². The molecule has 7 nitrogen and oxygen atoms in total. The Balaban J connectivity index is 1.35. The molecule has 0 aliphatic rings. The third-order valence-corrected chi connectivity index (χ3v) is 6.83. The lowest BCUT2D eigenvalue weighted by Crippen LogP contribution is -2.33. The lowest BCUT2D eigenvalue weighted by atomic mass is 10.1. The number of carbonyl (C=O) groups is 2. The molecule has 8 heteroatoms. The van der Waals surface area contributed by atoms with Crippen LogP contribution in [-0.4, -0.2) is 32.9 Å². The van der Waals surface area contributed by atoms with Gasteiger partial charge in [0.2, 0.25) is 5.91 Å². The van der Waals surface area contributed by atoms with Crippen LogP contribution in [0.15, 0.2) is 97.6 Å². The quantitative estimate of drug-likeness (QED) is 0.296. The SMILES string of the molecule is O=C(CCn1ccnc1)Nc1cccc(C(=O)N(CCc2ccccc2)c2nc3ccccc3s2)c1. The molecule has 0 aliphatic heterocycles. The van der Waals surface area contributed by atoms with Crippen molar-refractivity contribution < 1.29 is 9.59 Å². The number of thiazole rings is 1.